The molecule has 3 heterocycles. The molecule has 0 saturated carbocycles. The van der Waals surface area contributed by atoms with Gasteiger partial charge in [-0.2, -0.15) is 0 Å². The van der Waals surface area contributed by atoms with E-state index in [1.807, 2.05) is 22.5 Å². The van der Waals surface area contributed by atoms with E-state index < -0.39 is 16.1 Å². The molecule has 11 heteroatoms. The number of nitrogens with one attached hydrogen (secondary N) is 1. The number of nitrogens with zero attached hydrogens (tertiary/aromatic N) is 4. The third-order valence-electron chi connectivity index (χ3n) is 6.24. The number of carbonyl (C=O) groups excluding carboxylic acids is 1. The molecule has 1 N–H and O–H groups in total. The van der Waals surface area contributed by atoms with E-state index in [9.17, 15) is 17.6 Å². The van der Waals surface area contributed by atoms with Crippen molar-refractivity contribution in [1.29, 1.82) is 0 Å². The van der Waals surface area contributed by atoms with E-state index >= 15 is 0 Å². The quantitative estimate of drug-likeness (QED) is 0.409. The Kier molecular flexibility index (Phi) is 6.20. The van der Waals surface area contributed by atoms with Gasteiger partial charge < -0.3 is 14.4 Å². The summed E-state index contributed by atoms with van der Waals surface area (Å²) in [5, 5.41) is 2.53. The Hall–Kier alpha value is -3.44. The number of halogens is 1. The van der Waals surface area contributed by atoms with Crippen LogP contribution in [0.1, 0.15) is 15.8 Å². The molecule has 0 spiro atoms. The summed E-state index contributed by atoms with van der Waals surface area (Å²) in [6.45, 7) is 4.18. The van der Waals surface area contributed by atoms with Crippen molar-refractivity contribution in [2.45, 2.75) is 17.9 Å². The van der Waals surface area contributed by atoms with E-state index in [-0.39, 0.29) is 19.5 Å². The van der Waals surface area contributed by atoms with Crippen molar-refractivity contribution in [3.8, 4) is 0 Å². The van der Waals surface area contributed by atoms with Crippen molar-refractivity contribution < 1.29 is 20.5 Å². The lowest BCUT2D eigenvalue weighted by molar-refractivity contribution is -0.134. The Bertz CT molecular complexity index is 1460. The predicted octanol–water partition coefficient (Wildman–Crippen LogP) is 4.44. The summed E-state index contributed by atoms with van der Waals surface area (Å²) in [7, 11) is -3.70. The number of fused-ring (bicyclic) bond motifs is 1. The molecule has 0 aliphatic carbocycles. The lowest BCUT2D eigenvalue weighted by atomic mass is 10.2. The second kappa shape index (κ2) is 9.31. The zero-order valence-electron chi connectivity index (χ0n) is 19.0. The van der Waals surface area contributed by atoms with Crippen molar-refractivity contribution in [3.05, 3.63) is 72.1 Å². The molecule has 1 fully saturated rings. The Morgan fingerprint density at radius 1 is 1.11 bits per heavy atom. The number of carbonyl (C=O) groups is 1. The van der Waals surface area contributed by atoms with Gasteiger partial charge in [0.2, 0.25) is 5.91 Å². The van der Waals surface area contributed by atoms with E-state index in [1.54, 1.807) is 48.0 Å². The van der Waals surface area contributed by atoms with Gasteiger partial charge in [0.05, 0.1) is 10.4 Å². The Balaban J connectivity index is 0.00000190. The average molecular weight is 518 g/mol. The Labute approximate surface area is 209 Å². The van der Waals surface area contributed by atoms with Crippen LogP contribution < -0.4 is 9.62 Å². The van der Waals surface area contributed by atoms with Crippen LogP contribution in [0.4, 0.5) is 15.2 Å². The van der Waals surface area contributed by atoms with Gasteiger partial charge in [0.25, 0.3) is 10.0 Å². The van der Waals surface area contributed by atoms with Gasteiger partial charge in [-0.25, -0.2) is 17.8 Å². The van der Waals surface area contributed by atoms with Crippen molar-refractivity contribution >= 4 is 49.0 Å². The van der Waals surface area contributed by atoms with Crippen LogP contribution in [0.25, 0.3) is 10.9 Å². The predicted molar refractivity (Wildman–Crippen MR) is 139 cm³/mol. The first-order valence-electron chi connectivity index (χ1n) is 11.1. The van der Waals surface area contributed by atoms with Crippen molar-refractivity contribution in [1.82, 2.24) is 14.5 Å². The smallest absolute Gasteiger partial charge is 0.263 e. The SMILES string of the molecule is C[C@@H](C(=O)N1CCN(c2ccc(S(=O)(=O)Nc3nccs3)cc2)CC1)n1ccc2c(F)cccc21.[HH].[HH]. The van der Waals surface area contributed by atoms with Gasteiger partial charge in [-0.3, -0.25) is 9.52 Å². The molecule has 5 rings (SSSR count). The highest BCUT2D eigenvalue weighted by Gasteiger charge is 2.27. The minimum atomic E-state index is -3.70. The van der Waals surface area contributed by atoms with Gasteiger partial charge in [0.1, 0.15) is 11.9 Å². The highest BCUT2D eigenvalue weighted by Crippen LogP contribution is 2.25. The van der Waals surface area contributed by atoms with Crippen LogP contribution in [-0.4, -0.2) is 55.0 Å². The maximum absolute atomic E-state index is 14.0. The van der Waals surface area contributed by atoms with Crippen LogP contribution in [0.3, 0.4) is 0 Å². The van der Waals surface area contributed by atoms with Crippen molar-refractivity contribution in [2.75, 3.05) is 35.8 Å². The number of rotatable bonds is 6. The van der Waals surface area contributed by atoms with Gasteiger partial charge in [-0.15, -0.1) is 11.3 Å². The molecule has 1 amide bonds. The third-order valence-corrected chi connectivity index (χ3v) is 8.41. The first-order valence-corrected chi connectivity index (χ1v) is 13.5. The van der Waals surface area contributed by atoms with E-state index in [2.05, 4.69) is 14.6 Å². The molecule has 1 saturated heterocycles. The molecule has 2 aromatic heterocycles. The van der Waals surface area contributed by atoms with Gasteiger partial charge in [0, 0.05) is 57.9 Å². The summed E-state index contributed by atoms with van der Waals surface area (Å²) in [5.74, 6) is -0.312. The molecule has 186 valence electrons. The van der Waals surface area contributed by atoms with Gasteiger partial charge >= 0.3 is 0 Å². The molecule has 2 aromatic carbocycles. The Morgan fingerprint density at radius 3 is 2.54 bits per heavy atom. The molecule has 1 aliphatic heterocycles. The number of anilines is 2. The topological polar surface area (TPSA) is 87.5 Å². The standard InChI is InChI=1S/C24H24FN5O3S2.2H2/c1-17(30-11-9-20-21(25)3-2-4-22(20)30)23(31)29-14-12-28(13-15-29)18-5-7-19(8-6-18)35(32,33)27-24-26-10-16-34-24;;/h2-11,16-17H,12-15H2,1H3,(H,26,27);2*1H/t17-;;/m0../s1. The third kappa shape index (κ3) is 4.61. The van der Waals surface area contributed by atoms with Crippen LogP contribution >= 0.6 is 11.3 Å². The fourth-order valence-electron chi connectivity index (χ4n) is 4.34. The molecular weight excluding hydrogens is 489 g/mol. The molecule has 8 nitrogen and oxygen atoms in total. The maximum Gasteiger partial charge on any atom is 0.263 e. The Morgan fingerprint density at radius 2 is 1.86 bits per heavy atom. The van der Waals surface area contributed by atoms with E-state index in [0.717, 1.165) is 5.69 Å². The van der Waals surface area contributed by atoms with Gasteiger partial charge in [-0.05, 0) is 49.4 Å². The second-order valence-electron chi connectivity index (χ2n) is 8.32. The molecule has 0 radical (unpaired) electrons. The normalized spacial score (nSPS) is 15.4. The molecular formula is C24H28FN5O3S2. The highest BCUT2D eigenvalue weighted by molar-refractivity contribution is 7.93. The first kappa shape index (κ1) is 23.3. The molecule has 0 unspecified atom stereocenters. The molecule has 4 aromatic rings. The van der Waals surface area contributed by atoms with Crippen LogP contribution in [-0.2, 0) is 14.8 Å². The number of sulfonamides is 1. The number of thiazole rings is 1. The van der Waals surface area contributed by atoms with Crippen LogP contribution in [0, 0.1) is 5.82 Å². The second-order valence-corrected chi connectivity index (χ2v) is 10.9. The fraction of sp³-hybridized carbons (Fsp3) is 0.250. The summed E-state index contributed by atoms with van der Waals surface area (Å²) in [6.07, 6.45) is 3.29. The first-order chi connectivity index (χ1) is 16.8. The van der Waals surface area contributed by atoms with E-state index in [0.29, 0.717) is 42.2 Å². The summed E-state index contributed by atoms with van der Waals surface area (Å²) >= 11 is 1.21. The van der Waals surface area contributed by atoms with E-state index in [4.69, 9.17) is 0 Å². The highest BCUT2D eigenvalue weighted by atomic mass is 32.2. The summed E-state index contributed by atoms with van der Waals surface area (Å²) < 4.78 is 43.4. The number of hydrogen-bond acceptors (Lipinski definition) is 6. The number of benzene rings is 2. The van der Waals surface area contributed by atoms with Crippen LogP contribution in [0.5, 0.6) is 0 Å². The van der Waals surface area contributed by atoms with Crippen LogP contribution in [0.15, 0.2) is 71.2 Å². The van der Waals surface area contributed by atoms with Crippen molar-refractivity contribution in [2.24, 2.45) is 0 Å². The molecule has 1 atom stereocenters. The van der Waals surface area contributed by atoms with Gasteiger partial charge in [0.15, 0.2) is 5.13 Å². The summed E-state index contributed by atoms with van der Waals surface area (Å²) in [5.41, 5.74) is 1.59. The fourth-order valence-corrected chi connectivity index (χ4v) is 6.13. The lowest BCUT2D eigenvalue weighted by Gasteiger charge is -2.37. The number of amides is 1. The minimum Gasteiger partial charge on any atom is -0.368 e. The number of aromatic nitrogens is 2. The monoisotopic (exact) mass is 517 g/mol. The summed E-state index contributed by atoms with van der Waals surface area (Å²) in [6, 6.07) is 12.8. The zero-order chi connectivity index (χ0) is 24.6. The molecule has 1 aliphatic rings. The minimum absolute atomic E-state index is 0. The van der Waals surface area contributed by atoms with Crippen LogP contribution in [0.2, 0.25) is 0 Å². The lowest BCUT2D eigenvalue weighted by Crippen LogP contribution is -2.50. The van der Waals surface area contributed by atoms with E-state index in [1.165, 1.54) is 23.6 Å². The molecule has 35 heavy (non-hydrogen) atoms. The zero-order valence-corrected chi connectivity index (χ0v) is 20.6. The van der Waals surface area contributed by atoms with Gasteiger partial charge in [-0.1, -0.05) is 6.07 Å². The number of piperazine rings is 1. The maximum atomic E-state index is 14.0. The molecule has 0 bridgehead atoms. The largest absolute Gasteiger partial charge is 0.368 e. The average Bonchev–Trinajstić information content (AvgIpc) is 3.54. The number of hydrogen-bond donors (Lipinski definition) is 1. The van der Waals surface area contributed by atoms with Crippen molar-refractivity contribution in [3.63, 3.8) is 0 Å². The summed E-state index contributed by atoms with van der Waals surface area (Å²) in [4.78, 5) is 21.2.